The Kier molecular flexibility index (Phi) is 4.28. The van der Waals surface area contributed by atoms with Gasteiger partial charge in [-0.1, -0.05) is 5.16 Å². The average Bonchev–Trinajstić information content (AvgIpc) is 3.16. The molecule has 116 valence electrons. The van der Waals surface area contributed by atoms with Crippen molar-refractivity contribution < 1.29 is 14.1 Å². The Morgan fingerprint density at radius 3 is 2.86 bits per heavy atom. The number of piperidine rings is 1. The number of likely N-dealkylation sites (tertiary alicyclic amines) is 1. The molecule has 3 rings (SSSR count). The van der Waals surface area contributed by atoms with Gasteiger partial charge in [0.2, 0.25) is 5.88 Å². The number of aromatic nitrogens is 1. The molecule has 2 aliphatic heterocycles. The van der Waals surface area contributed by atoms with Gasteiger partial charge in [0.1, 0.15) is 0 Å². The maximum absolute atomic E-state index is 12.1. The van der Waals surface area contributed by atoms with Crippen LogP contribution in [-0.2, 0) is 4.74 Å². The summed E-state index contributed by atoms with van der Waals surface area (Å²) in [6.45, 7) is 2.88. The van der Waals surface area contributed by atoms with Crippen LogP contribution in [0.3, 0.4) is 0 Å². The van der Waals surface area contributed by atoms with Crippen molar-refractivity contribution in [3.8, 4) is 0 Å². The lowest BCUT2D eigenvalue weighted by Crippen LogP contribution is -2.46. The molecule has 1 aromatic heterocycles. The van der Waals surface area contributed by atoms with Crippen molar-refractivity contribution >= 4 is 11.9 Å². The standard InChI is InChI=1S/C14H22N4O3/c15-13-8-12(17-21-13)10-3-5-18(6-4-10)14(19)16-9-11-2-1-7-20-11/h8,10-11H,1-7,9,15H2,(H,16,19). The number of amides is 2. The van der Waals surface area contributed by atoms with E-state index in [9.17, 15) is 4.79 Å². The third-order valence-electron chi connectivity index (χ3n) is 4.25. The fraction of sp³-hybridized carbons (Fsp3) is 0.714. The van der Waals surface area contributed by atoms with Crippen LogP contribution in [0.25, 0.3) is 0 Å². The predicted octanol–water partition coefficient (Wildman–Crippen LogP) is 1.32. The lowest BCUT2D eigenvalue weighted by atomic mass is 9.94. The quantitative estimate of drug-likeness (QED) is 0.877. The van der Waals surface area contributed by atoms with E-state index >= 15 is 0 Å². The lowest BCUT2D eigenvalue weighted by Gasteiger charge is -2.31. The zero-order valence-electron chi connectivity index (χ0n) is 12.1. The summed E-state index contributed by atoms with van der Waals surface area (Å²) in [5.41, 5.74) is 6.44. The molecular formula is C14H22N4O3. The maximum atomic E-state index is 12.1. The number of nitrogens with zero attached hydrogens (tertiary/aromatic N) is 2. The van der Waals surface area contributed by atoms with Gasteiger partial charge in [-0.25, -0.2) is 4.79 Å². The molecule has 0 spiro atoms. The molecular weight excluding hydrogens is 272 g/mol. The Hall–Kier alpha value is -1.76. The summed E-state index contributed by atoms with van der Waals surface area (Å²) >= 11 is 0. The molecule has 21 heavy (non-hydrogen) atoms. The van der Waals surface area contributed by atoms with E-state index in [4.69, 9.17) is 15.0 Å². The molecule has 1 unspecified atom stereocenters. The highest BCUT2D eigenvalue weighted by atomic mass is 16.5. The van der Waals surface area contributed by atoms with Crippen LogP contribution >= 0.6 is 0 Å². The number of urea groups is 1. The lowest BCUT2D eigenvalue weighted by molar-refractivity contribution is 0.108. The number of nitrogen functional groups attached to an aromatic ring is 1. The molecule has 1 aromatic rings. The summed E-state index contributed by atoms with van der Waals surface area (Å²) in [5.74, 6) is 0.676. The van der Waals surface area contributed by atoms with Crippen LogP contribution in [-0.4, -0.2) is 48.4 Å². The first-order valence-corrected chi connectivity index (χ1v) is 7.59. The summed E-state index contributed by atoms with van der Waals surface area (Å²) in [4.78, 5) is 14.0. The molecule has 7 nitrogen and oxygen atoms in total. The fourth-order valence-corrected chi connectivity index (χ4v) is 2.99. The van der Waals surface area contributed by atoms with Crippen LogP contribution in [0, 0.1) is 0 Å². The van der Waals surface area contributed by atoms with Gasteiger partial charge in [-0.15, -0.1) is 0 Å². The number of carbonyl (C=O) groups excluding carboxylic acids is 1. The minimum Gasteiger partial charge on any atom is -0.376 e. The normalized spacial score (nSPS) is 23.4. The van der Waals surface area contributed by atoms with Crippen LogP contribution in [0.5, 0.6) is 0 Å². The molecule has 0 radical (unpaired) electrons. The molecule has 7 heteroatoms. The second-order valence-corrected chi connectivity index (χ2v) is 5.74. The van der Waals surface area contributed by atoms with Crippen molar-refractivity contribution in [3.05, 3.63) is 11.8 Å². The Balaban J connectivity index is 1.43. The highest BCUT2D eigenvalue weighted by molar-refractivity contribution is 5.74. The van der Waals surface area contributed by atoms with Gasteiger partial charge in [-0.05, 0) is 25.7 Å². The average molecular weight is 294 g/mol. The predicted molar refractivity (Wildman–Crippen MR) is 76.8 cm³/mol. The first-order valence-electron chi connectivity index (χ1n) is 7.59. The van der Waals surface area contributed by atoms with Crippen molar-refractivity contribution in [2.45, 2.75) is 37.7 Å². The van der Waals surface area contributed by atoms with E-state index in [-0.39, 0.29) is 12.1 Å². The van der Waals surface area contributed by atoms with Gasteiger partial charge in [-0.2, -0.15) is 0 Å². The van der Waals surface area contributed by atoms with E-state index in [1.165, 1.54) is 0 Å². The summed E-state index contributed by atoms with van der Waals surface area (Å²) in [6.07, 6.45) is 4.09. The molecule has 2 saturated heterocycles. The van der Waals surface area contributed by atoms with Crippen molar-refractivity contribution in [1.29, 1.82) is 0 Å². The number of ether oxygens (including phenoxy) is 1. The minimum absolute atomic E-state index is 0.00335. The highest BCUT2D eigenvalue weighted by Crippen LogP contribution is 2.28. The number of anilines is 1. The van der Waals surface area contributed by atoms with Crippen LogP contribution in [0.15, 0.2) is 10.6 Å². The number of hydrogen-bond acceptors (Lipinski definition) is 5. The van der Waals surface area contributed by atoms with E-state index in [0.29, 0.717) is 18.3 Å². The number of rotatable bonds is 3. The molecule has 0 bridgehead atoms. The van der Waals surface area contributed by atoms with E-state index in [1.54, 1.807) is 6.07 Å². The summed E-state index contributed by atoms with van der Waals surface area (Å²) in [5, 5.41) is 6.92. The van der Waals surface area contributed by atoms with E-state index in [2.05, 4.69) is 10.5 Å². The van der Waals surface area contributed by atoms with Crippen molar-refractivity contribution in [2.24, 2.45) is 0 Å². The van der Waals surface area contributed by atoms with Gasteiger partial charge in [0.05, 0.1) is 11.8 Å². The molecule has 1 atom stereocenters. The number of hydrogen-bond donors (Lipinski definition) is 2. The Morgan fingerprint density at radius 1 is 1.43 bits per heavy atom. The van der Waals surface area contributed by atoms with Crippen molar-refractivity contribution in [3.63, 3.8) is 0 Å². The van der Waals surface area contributed by atoms with Crippen LogP contribution < -0.4 is 11.1 Å². The SMILES string of the molecule is Nc1cc(C2CCN(C(=O)NCC3CCCO3)CC2)no1. The second kappa shape index (κ2) is 6.34. The summed E-state index contributed by atoms with van der Waals surface area (Å²) < 4.78 is 10.4. The van der Waals surface area contributed by atoms with Crippen LogP contribution in [0.4, 0.5) is 10.7 Å². The van der Waals surface area contributed by atoms with Gasteiger partial charge < -0.3 is 25.2 Å². The summed E-state index contributed by atoms with van der Waals surface area (Å²) in [6, 6.07) is 1.78. The monoisotopic (exact) mass is 294 g/mol. The first-order chi connectivity index (χ1) is 10.2. The highest BCUT2D eigenvalue weighted by Gasteiger charge is 2.26. The number of carbonyl (C=O) groups is 1. The van der Waals surface area contributed by atoms with Gasteiger partial charge in [-0.3, -0.25) is 0 Å². The third-order valence-corrected chi connectivity index (χ3v) is 4.25. The minimum atomic E-state index is 0.00335. The van der Waals surface area contributed by atoms with Crippen LogP contribution in [0.2, 0.25) is 0 Å². The van der Waals surface area contributed by atoms with Crippen molar-refractivity contribution in [2.75, 3.05) is 32.0 Å². The molecule has 3 heterocycles. The van der Waals surface area contributed by atoms with Gasteiger partial charge in [0.25, 0.3) is 0 Å². The van der Waals surface area contributed by atoms with Crippen molar-refractivity contribution in [1.82, 2.24) is 15.4 Å². The second-order valence-electron chi connectivity index (χ2n) is 5.74. The smallest absolute Gasteiger partial charge is 0.317 e. The fourth-order valence-electron chi connectivity index (χ4n) is 2.99. The van der Waals surface area contributed by atoms with E-state index in [0.717, 1.165) is 51.1 Å². The number of nitrogens with one attached hydrogen (secondary N) is 1. The van der Waals surface area contributed by atoms with E-state index < -0.39 is 0 Å². The first kappa shape index (κ1) is 14.2. The Labute approximate surface area is 123 Å². The van der Waals surface area contributed by atoms with Gasteiger partial charge >= 0.3 is 6.03 Å². The zero-order chi connectivity index (χ0) is 14.7. The molecule has 0 aromatic carbocycles. The number of nitrogens with two attached hydrogens (primary N) is 1. The van der Waals surface area contributed by atoms with Gasteiger partial charge in [0.15, 0.2) is 0 Å². The van der Waals surface area contributed by atoms with Crippen LogP contribution in [0.1, 0.15) is 37.3 Å². The molecule has 2 aliphatic rings. The molecule has 0 saturated carbocycles. The topological polar surface area (TPSA) is 93.6 Å². The summed E-state index contributed by atoms with van der Waals surface area (Å²) in [7, 11) is 0. The Bertz CT molecular complexity index is 476. The molecule has 3 N–H and O–H groups in total. The largest absolute Gasteiger partial charge is 0.376 e. The maximum Gasteiger partial charge on any atom is 0.317 e. The molecule has 0 aliphatic carbocycles. The Morgan fingerprint density at radius 2 is 2.24 bits per heavy atom. The molecule has 2 fully saturated rings. The molecule has 2 amide bonds. The van der Waals surface area contributed by atoms with E-state index in [1.807, 2.05) is 4.90 Å². The third kappa shape index (κ3) is 3.47. The van der Waals surface area contributed by atoms with Gasteiger partial charge in [0, 0.05) is 38.2 Å². The zero-order valence-corrected chi connectivity index (χ0v) is 12.1.